The molecular formula is C14H17NO3S. The molecule has 2 rings (SSSR count). The van der Waals surface area contributed by atoms with E-state index in [-0.39, 0.29) is 18.4 Å². The molecule has 1 aliphatic rings. The van der Waals surface area contributed by atoms with Gasteiger partial charge in [-0.2, -0.15) is 0 Å². The van der Waals surface area contributed by atoms with Crippen LogP contribution in [0.2, 0.25) is 0 Å². The molecule has 0 radical (unpaired) electrons. The van der Waals surface area contributed by atoms with Gasteiger partial charge in [0.2, 0.25) is 5.91 Å². The zero-order chi connectivity index (χ0) is 14.0. The molecule has 1 aromatic rings. The van der Waals surface area contributed by atoms with Crippen molar-refractivity contribution >= 4 is 29.3 Å². The molecule has 1 aromatic carbocycles. The van der Waals surface area contributed by atoms with E-state index in [9.17, 15) is 9.59 Å². The number of thioether (sulfide) groups is 1. The lowest BCUT2D eigenvalue weighted by molar-refractivity contribution is -0.142. The summed E-state index contributed by atoms with van der Waals surface area (Å²) in [5.41, 5.74) is 0.782. The second-order valence-electron chi connectivity index (χ2n) is 4.78. The van der Waals surface area contributed by atoms with Crippen LogP contribution in [0.1, 0.15) is 20.8 Å². The molecule has 0 fully saturated rings. The van der Waals surface area contributed by atoms with Crippen LogP contribution in [-0.4, -0.2) is 29.8 Å². The van der Waals surface area contributed by atoms with E-state index >= 15 is 0 Å². The van der Waals surface area contributed by atoms with Crippen molar-refractivity contribution < 1.29 is 14.3 Å². The molecule has 5 heteroatoms. The molecule has 0 atom stereocenters. The summed E-state index contributed by atoms with van der Waals surface area (Å²) in [7, 11) is 0. The fourth-order valence-corrected chi connectivity index (χ4v) is 3.19. The highest BCUT2D eigenvalue weighted by Gasteiger charge is 2.40. The van der Waals surface area contributed by atoms with Crippen LogP contribution < -0.4 is 4.90 Å². The Hall–Kier alpha value is -1.49. The third-order valence-corrected chi connectivity index (χ3v) is 4.12. The van der Waals surface area contributed by atoms with Crippen LogP contribution in [-0.2, 0) is 14.3 Å². The maximum absolute atomic E-state index is 12.4. The van der Waals surface area contributed by atoms with Crippen molar-refractivity contribution in [3.63, 3.8) is 0 Å². The van der Waals surface area contributed by atoms with E-state index in [1.54, 1.807) is 6.92 Å². The van der Waals surface area contributed by atoms with Gasteiger partial charge in [-0.1, -0.05) is 12.1 Å². The van der Waals surface area contributed by atoms with Gasteiger partial charge in [0.15, 0.2) is 0 Å². The lowest BCUT2D eigenvalue weighted by Gasteiger charge is -2.37. The molecule has 0 aliphatic carbocycles. The van der Waals surface area contributed by atoms with Crippen molar-refractivity contribution in [2.45, 2.75) is 30.4 Å². The van der Waals surface area contributed by atoms with Crippen LogP contribution in [0.25, 0.3) is 0 Å². The van der Waals surface area contributed by atoms with Crippen molar-refractivity contribution in [3.05, 3.63) is 24.3 Å². The molecule has 0 saturated heterocycles. The maximum Gasteiger partial charge on any atom is 0.326 e. The SMILES string of the molecule is CCOC(=O)CN1C(=O)C(C)(C)Sc2ccccc21. The van der Waals surface area contributed by atoms with Crippen LogP contribution in [0.5, 0.6) is 0 Å². The number of hydrogen-bond donors (Lipinski definition) is 0. The normalized spacial score (nSPS) is 17.0. The summed E-state index contributed by atoms with van der Waals surface area (Å²) in [4.78, 5) is 26.6. The second kappa shape index (κ2) is 5.25. The number of carbonyl (C=O) groups is 2. The van der Waals surface area contributed by atoms with E-state index in [4.69, 9.17) is 4.74 Å². The highest BCUT2D eigenvalue weighted by Crippen LogP contribution is 2.44. The number of para-hydroxylation sites is 1. The van der Waals surface area contributed by atoms with Crippen LogP contribution in [0.4, 0.5) is 5.69 Å². The van der Waals surface area contributed by atoms with Gasteiger partial charge < -0.3 is 4.74 Å². The quantitative estimate of drug-likeness (QED) is 0.797. The van der Waals surface area contributed by atoms with Gasteiger partial charge in [0.05, 0.1) is 17.0 Å². The van der Waals surface area contributed by atoms with E-state index in [1.165, 1.54) is 16.7 Å². The van der Waals surface area contributed by atoms with Gasteiger partial charge in [-0.25, -0.2) is 0 Å². The Morgan fingerprint density at radius 1 is 1.37 bits per heavy atom. The van der Waals surface area contributed by atoms with E-state index in [1.807, 2.05) is 38.1 Å². The number of nitrogens with zero attached hydrogens (tertiary/aromatic N) is 1. The molecule has 0 unspecified atom stereocenters. The molecule has 0 bridgehead atoms. The van der Waals surface area contributed by atoms with Gasteiger partial charge in [-0.3, -0.25) is 14.5 Å². The molecule has 1 heterocycles. The first kappa shape index (κ1) is 13.9. The molecule has 0 spiro atoms. The molecule has 1 amide bonds. The molecule has 0 aromatic heterocycles. The van der Waals surface area contributed by atoms with Crippen LogP contribution in [0.15, 0.2) is 29.2 Å². The minimum atomic E-state index is -0.569. The Labute approximate surface area is 117 Å². The predicted molar refractivity (Wildman–Crippen MR) is 75.4 cm³/mol. The summed E-state index contributed by atoms with van der Waals surface area (Å²) in [6.45, 7) is 5.78. The highest BCUT2D eigenvalue weighted by atomic mass is 32.2. The van der Waals surface area contributed by atoms with E-state index < -0.39 is 4.75 Å². The number of anilines is 1. The van der Waals surface area contributed by atoms with E-state index in [2.05, 4.69) is 0 Å². The van der Waals surface area contributed by atoms with Gasteiger partial charge in [-0.15, -0.1) is 11.8 Å². The standard InChI is InChI=1S/C14H17NO3S/c1-4-18-12(16)9-15-10-7-5-6-8-11(10)19-14(2,3)13(15)17/h5-8H,4,9H2,1-3H3. The summed E-state index contributed by atoms with van der Waals surface area (Å²) in [5, 5.41) is 0. The number of hydrogen-bond acceptors (Lipinski definition) is 4. The number of fused-ring (bicyclic) bond motifs is 1. The van der Waals surface area contributed by atoms with Gasteiger partial charge in [0.1, 0.15) is 6.54 Å². The van der Waals surface area contributed by atoms with Crippen molar-refractivity contribution in [2.24, 2.45) is 0 Å². The molecule has 0 saturated carbocycles. The van der Waals surface area contributed by atoms with Gasteiger partial charge in [-0.05, 0) is 32.9 Å². The molecule has 1 aliphatic heterocycles. The van der Waals surface area contributed by atoms with Crippen LogP contribution >= 0.6 is 11.8 Å². The molecular weight excluding hydrogens is 262 g/mol. The second-order valence-corrected chi connectivity index (χ2v) is 6.44. The lowest BCUT2D eigenvalue weighted by Crippen LogP contribution is -2.48. The van der Waals surface area contributed by atoms with Gasteiger partial charge >= 0.3 is 5.97 Å². The first-order valence-electron chi connectivity index (χ1n) is 6.21. The monoisotopic (exact) mass is 279 g/mol. The Morgan fingerprint density at radius 2 is 2.05 bits per heavy atom. The Kier molecular flexibility index (Phi) is 3.85. The summed E-state index contributed by atoms with van der Waals surface area (Å²) >= 11 is 1.52. The number of ether oxygens (including phenoxy) is 1. The minimum absolute atomic E-state index is 0.0341. The largest absolute Gasteiger partial charge is 0.465 e. The van der Waals surface area contributed by atoms with Gasteiger partial charge in [0.25, 0.3) is 0 Å². The molecule has 0 N–H and O–H groups in total. The highest BCUT2D eigenvalue weighted by molar-refractivity contribution is 8.01. The lowest BCUT2D eigenvalue weighted by atomic mass is 10.1. The molecule has 4 nitrogen and oxygen atoms in total. The van der Waals surface area contributed by atoms with Crippen LogP contribution in [0.3, 0.4) is 0 Å². The Morgan fingerprint density at radius 3 is 2.74 bits per heavy atom. The summed E-state index contributed by atoms with van der Waals surface area (Å²) in [6.07, 6.45) is 0. The number of carbonyl (C=O) groups excluding carboxylic acids is 2. The van der Waals surface area contributed by atoms with E-state index in [0.29, 0.717) is 6.61 Å². The average molecular weight is 279 g/mol. The minimum Gasteiger partial charge on any atom is -0.465 e. The number of esters is 1. The van der Waals surface area contributed by atoms with Crippen molar-refractivity contribution in [2.75, 3.05) is 18.1 Å². The number of rotatable bonds is 3. The summed E-state index contributed by atoms with van der Waals surface area (Å²) < 4.78 is 4.37. The predicted octanol–water partition coefficient (Wildman–Crippen LogP) is 2.47. The first-order valence-corrected chi connectivity index (χ1v) is 7.03. The zero-order valence-corrected chi connectivity index (χ0v) is 12.1. The first-order chi connectivity index (χ1) is 8.95. The smallest absolute Gasteiger partial charge is 0.326 e. The van der Waals surface area contributed by atoms with E-state index in [0.717, 1.165) is 10.6 Å². The van der Waals surface area contributed by atoms with Crippen molar-refractivity contribution in [1.29, 1.82) is 0 Å². The third kappa shape index (κ3) is 2.76. The fourth-order valence-electron chi connectivity index (χ4n) is 2.01. The third-order valence-electron chi connectivity index (χ3n) is 2.87. The van der Waals surface area contributed by atoms with Crippen molar-refractivity contribution in [1.82, 2.24) is 0 Å². The maximum atomic E-state index is 12.4. The summed E-state index contributed by atoms with van der Waals surface area (Å²) in [5.74, 6) is -0.447. The van der Waals surface area contributed by atoms with Crippen molar-refractivity contribution in [3.8, 4) is 0 Å². The fraction of sp³-hybridized carbons (Fsp3) is 0.429. The molecule has 19 heavy (non-hydrogen) atoms. The Bertz CT molecular complexity index is 513. The number of benzene rings is 1. The van der Waals surface area contributed by atoms with Crippen LogP contribution in [0, 0.1) is 0 Å². The molecule has 102 valence electrons. The zero-order valence-electron chi connectivity index (χ0n) is 11.3. The summed E-state index contributed by atoms with van der Waals surface area (Å²) in [6, 6.07) is 7.62. The number of amides is 1. The average Bonchev–Trinajstić information content (AvgIpc) is 2.35. The Balaban J connectivity index is 2.34. The topological polar surface area (TPSA) is 46.6 Å². The van der Waals surface area contributed by atoms with Gasteiger partial charge in [0, 0.05) is 4.90 Å².